The quantitative estimate of drug-likeness (QED) is 0.832. The van der Waals surface area contributed by atoms with E-state index >= 15 is 0 Å². The van der Waals surface area contributed by atoms with Crippen LogP contribution < -0.4 is 0 Å². The molecule has 1 aliphatic rings. The summed E-state index contributed by atoms with van der Waals surface area (Å²) in [5.41, 5.74) is 1.07. The highest BCUT2D eigenvalue weighted by molar-refractivity contribution is 5.84. The van der Waals surface area contributed by atoms with Gasteiger partial charge in [0.2, 0.25) is 11.8 Å². The van der Waals surface area contributed by atoms with Crippen molar-refractivity contribution in [3.05, 3.63) is 35.9 Å². The van der Waals surface area contributed by atoms with Crippen molar-refractivity contribution in [3.8, 4) is 0 Å². The molecular formula is C19H28N2O3. The van der Waals surface area contributed by atoms with E-state index in [0.717, 1.165) is 18.4 Å². The van der Waals surface area contributed by atoms with Crippen LogP contribution in [0, 0.1) is 0 Å². The number of benzene rings is 1. The molecular weight excluding hydrogens is 304 g/mol. The predicted octanol–water partition coefficient (Wildman–Crippen LogP) is 2.19. The van der Waals surface area contributed by atoms with Gasteiger partial charge in [0, 0.05) is 33.0 Å². The van der Waals surface area contributed by atoms with E-state index in [1.54, 1.807) is 16.8 Å². The summed E-state index contributed by atoms with van der Waals surface area (Å²) in [4.78, 5) is 28.1. The molecule has 1 aromatic carbocycles. The highest BCUT2D eigenvalue weighted by Crippen LogP contribution is 2.23. The summed E-state index contributed by atoms with van der Waals surface area (Å²) in [5.74, 6) is -0.0505. The van der Waals surface area contributed by atoms with Gasteiger partial charge in [-0.25, -0.2) is 0 Å². The first kappa shape index (κ1) is 18.5. The van der Waals surface area contributed by atoms with Crippen molar-refractivity contribution in [2.75, 3.05) is 13.6 Å². The summed E-state index contributed by atoms with van der Waals surface area (Å²) in [5, 5.41) is 10.0. The highest BCUT2D eigenvalue weighted by Gasteiger charge is 2.32. The number of hydrogen-bond donors (Lipinski definition) is 1. The first-order valence-electron chi connectivity index (χ1n) is 8.78. The number of amides is 2. The summed E-state index contributed by atoms with van der Waals surface area (Å²) < 4.78 is 0. The summed E-state index contributed by atoms with van der Waals surface area (Å²) >= 11 is 0. The topological polar surface area (TPSA) is 60.9 Å². The van der Waals surface area contributed by atoms with Gasteiger partial charge in [-0.3, -0.25) is 9.59 Å². The van der Waals surface area contributed by atoms with Crippen molar-refractivity contribution in [1.82, 2.24) is 9.80 Å². The Labute approximate surface area is 144 Å². The zero-order chi connectivity index (χ0) is 17.5. The molecule has 0 spiro atoms. The van der Waals surface area contributed by atoms with Gasteiger partial charge in [-0.2, -0.15) is 0 Å². The van der Waals surface area contributed by atoms with Crippen LogP contribution >= 0.6 is 0 Å². The van der Waals surface area contributed by atoms with Crippen LogP contribution in [-0.4, -0.2) is 52.5 Å². The van der Waals surface area contributed by atoms with E-state index in [-0.39, 0.29) is 30.7 Å². The Morgan fingerprint density at radius 1 is 1.29 bits per heavy atom. The third kappa shape index (κ3) is 4.81. The number of hydrogen-bond acceptors (Lipinski definition) is 3. The fourth-order valence-corrected chi connectivity index (χ4v) is 3.27. The maximum absolute atomic E-state index is 12.4. The molecule has 1 unspecified atom stereocenters. The summed E-state index contributed by atoms with van der Waals surface area (Å²) in [6.45, 7) is 3.16. The van der Waals surface area contributed by atoms with Crippen molar-refractivity contribution in [2.45, 2.75) is 57.7 Å². The molecule has 0 radical (unpaired) electrons. The zero-order valence-electron chi connectivity index (χ0n) is 14.6. The number of carbonyl (C=O) groups is 2. The van der Waals surface area contributed by atoms with Gasteiger partial charge in [-0.1, -0.05) is 37.3 Å². The van der Waals surface area contributed by atoms with Crippen LogP contribution in [0.2, 0.25) is 0 Å². The Balaban J connectivity index is 1.81. The molecule has 0 aliphatic carbocycles. The normalized spacial score (nSPS) is 18.5. The molecule has 2 rings (SSSR count). The average molecular weight is 332 g/mol. The predicted molar refractivity (Wildman–Crippen MR) is 93.2 cm³/mol. The highest BCUT2D eigenvalue weighted by atomic mass is 16.3. The molecule has 1 N–H and O–H groups in total. The lowest BCUT2D eigenvalue weighted by Crippen LogP contribution is -2.42. The molecule has 5 heteroatoms. The van der Waals surface area contributed by atoms with Crippen LogP contribution in [0.3, 0.4) is 0 Å². The number of nitrogens with zero attached hydrogens (tertiary/aromatic N) is 2. The van der Waals surface area contributed by atoms with Gasteiger partial charge in [0.15, 0.2) is 0 Å². The first-order valence-corrected chi connectivity index (χ1v) is 8.78. The van der Waals surface area contributed by atoms with Crippen LogP contribution in [0.4, 0.5) is 0 Å². The van der Waals surface area contributed by atoms with Gasteiger partial charge >= 0.3 is 0 Å². The average Bonchev–Trinajstić information content (AvgIpc) is 3.09. The minimum Gasteiger partial charge on any atom is -0.391 e. The third-order valence-corrected chi connectivity index (χ3v) is 4.72. The van der Waals surface area contributed by atoms with Crippen molar-refractivity contribution < 1.29 is 14.7 Å². The first-order chi connectivity index (χ1) is 11.5. The Kier molecular flexibility index (Phi) is 6.79. The summed E-state index contributed by atoms with van der Waals surface area (Å²) in [7, 11) is 1.76. The van der Waals surface area contributed by atoms with Crippen LogP contribution in [0.5, 0.6) is 0 Å². The molecule has 1 heterocycles. The van der Waals surface area contributed by atoms with Gasteiger partial charge in [0.05, 0.1) is 12.1 Å². The van der Waals surface area contributed by atoms with Crippen molar-refractivity contribution in [1.29, 1.82) is 0 Å². The minimum absolute atomic E-state index is 0.0218. The molecule has 0 bridgehead atoms. The molecule has 0 saturated carbocycles. The van der Waals surface area contributed by atoms with Gasteiger partial charge < -0.3 is 14.9 Å². The number of rotatable bonds is 7. The lowest BCUT2D eigenvalue weighted by molar-refractivity contribution is -0.138. The molecule has 2 amide bonds. The van der Waals surface area contributed by atoms with Crippen LogP contribution in [0.1, 0.15) is 44.6 Å². The van der Waals surface area contributed by atoms with Crippen LogP contribution in [-0.2, 0) is 16.1 Å². The minimum atomic E-state index is -0.465. The van der Waals surface area contributed by atoms with E-state index < -0.39 is 6.10 Å². The third-order valence-electron chi connectivity index (χ3n) is 4.72. The fourth-order valence-electron chi connectivity index (χ4n) is 3.27. The Bertz CT molecular complexity index is 547. The van der Waals surface area contributed by atoms with E-state index in [0.29, 0.717) is 19.5 Å². The monoisotopic (exact) mass is 332 g/mol. The molecule has 5 nitrogen and oxygen atoms in total. The molecule has 24 heavy (non-hydrogen) atoms. The van der Waals surface area contributed by atoms with Crippen molar-refractivity contribution >= 4 is 11.8 Å². The Morgan fingerprint density at radius 2 is 2.00 bits per heavy atom. The smallest absolute Gasteiger partial charge is 0.223 e. The largest absolute Gasteiger partial charge is 0.391 e. The number of aliphatic hydroxyl groups excluding tert-OH is 1. The zero-order valence-corrected chi connectivity index (χ0v) is 14.6. The number of carbonyl (C=O) groups excluding carboxylic acids is 2. The molecule has 132 valence electrons. The van der Waals surface area contributed by atoms with Gasteiger partial charge in [-0.15, -0.1) is 0 Å². The second kappa shape index (κ2) is 8.83. The summed E-state index contributed by atoms with van der Waals surface area (Å²) in [6.07, 6.45) is 2.39. The summed E-state index contributed by atoms with van der Waals surface area (Å²) in [6, 6.07) is 9.72. The molecule has 1 fully saturated rings. The van der Waals surface area contributed by atoms with Gasteiger partial charge in [0.25, 0.3) is 0 Å². The Hall–Kier alpha value is -1.88. The van der Waals surface area contributed by atoms with Crippen LogP contribution in [0.25, 0.3) is 0 Å². The molecule has 1 aromatic rings. The van der Waals surface area contributed by atoms with E-state index in [1.165, 1.54) is 0 Å². The van der Waals surface area contributed by atoms with Gasteiger partial charge in [0.1, 0.15) is 0 Å². The number of likely N-dealkylation sites (tertiary alicyclic amines) is 1. The second-order valence-electron chi connectivity index (χ2n) is 6.51. The van der Waals surface area contributed by atoms with Crippen molar-refractivity contribution in [3.63, 3.8) is 0 Å². The SMILES string of the molecule is CCC(O)[C@@H]1CCCN1C(=O)CCC(=O)N(C)Cc1ccccc1. The maximum Gasteiger partial charge on any atom is 0.223 e. The van der Waals surface area contributed by atoms with E-state index in [4.69, 9.17) is 0 Å². The molecule has 1 aliphatic heterocycles. The standard InChI is InChI=1S/C19H28N2O3/c1-3-17(22)16-10-7-13-21(16)19(24)12-11-18(23)20(2)14-15-8-5-4-6-9-15/h4-6,8-9,16-17,22H,3,7,10-14H2,1-2H3/t16-,17?/m0/s1. The van der Waals surface area contributed by atoms with Crippen LogP contribution in [0.15, 0.2) is 30.3 Å². The van der Waals surface area contributed by atoms with Gasteiger partial charge in [-0.05, 0) is 24.8 Å². The van der Waals surface area contributed by atoms with E-state index in [9.17, 15) is 14.7 Å². The lowest BCUT2D eigenvalue weighted by Gasteiger charge is -2.28. The van der Waals surface area contributed by atoms with Crippen molar-refractivity contribution in [2.24, 2.45) is 0 Å². The number of aliphatic hydroxyl groups is 1. The molecule has 2 atom stereocenters. The van der Waals surface area contributed by atoms with E-state index in [1.807, 2.05) is 37.3 Å². The maximum atomic E-state index is 12.4. The Morgan fingerprint density at radius 3 is 2.67 bits per heavy atom. The second-order valence-corrected chi connectivity index (χ2v) is 6.51. The molecule has 0 aromatic heterocycles. The fraction of sp³-hybridized carbons (Fsp3) is 0.579. The lowest BCUT2D eigenvalue weighted by atomic mass is 10.1. The van der Waals surface area contributed by atoms with E-state index in [2.05, 4.69) is 0 Å². The molecule has 1 saturated heterocycles.